The molecule has 20 heavy (non-hydrogen) atoms. The molecule has 1 aliphatic rings. The summed E-state index contributed by atoms with van der Waals surface area (Å²) in [6.45, 7) is 5.86. The van der Waals surface area contributed by atoms with Crippen molar-refractivity contribution in [1.82, 2.24) is 15.1 Å². The molecule has 0 spiro atoms. The third-order valence-corrected chi connectivity index (χ3v) is 3.11. The second-order valence-electron chi connectivity index (χ2n) is 5.22. The number of carboxylic acids is 1. The number of urea groups is 1. The van der Waals surface area contributed by atoms with Gasteiger partial charge in [0.15, 0.2) is 0 Å². The summed E-state index contributed by atoms with van der Waals surface area (Å²) in [6.07, 6.45) is 0.634. The van der Waals surface area contributed by atoms with Crippen LogP contribution in [-0.2, 0) is 9.59 Å². The maximum absolute atomic E-state index is 11.8. The lowest BCUT2D eigenvalue weighted by Gasteiger charge is -2.35. The molecule has 1 saturated heterocycles. The van der Waals surface area contributed by atoms with Crippen LogP contribution >= 0.6 is 0 Å². The number of aliphatic carboxylic acids is 1. The van der Waals surface area contributed by atoms with Gasteiger partial charge in [-0.05, 0) is 20.3 Å². The van der Waals surface area contributed by atoms with Crippen molar-refractivity contribution < 1.29 is 19.5 Å². The van der Waals surface area contributed by atoms with E-state index in [4.69, 9.17) is 5.11 Å². The Bertz CT molecular complexity index is 363. The van der Waals surface area contributed by atoms with Crippen LogP contribution < -0.4 is 5.32 Å². The van der Waals surface area contributed by atoms with Gasteiger partial charge in [-0.3, -0.25) is 9.59 Å². The molecular formula is C13H23N3O4. The van der Waals surface area contributed by atoms with E-state index in [-0.39, 0.29) is 30.8 Å². The molecule has 114 valence electrons. The van der Waals surface area contributed by atoms with Gasteiger partial charge in [-0.15, -0.1) is 0 Å². The van der Waals surface area contributed by atoms with Crippen LogP contribution in [0.1, 0.15) is 33.1 Å². The zero-order valence-electron chi connectivity index (χ0n) is 12.1. The average molecular weight is 285 g/mol. The quantitative estimate of drug-likeness (QED) is 0.770. The van der Waals surface area contributed by atoms with E-state index in [1.165, 1.54) is 0 Å². The van der Waals surface area contributed by atoms with Gasteiger partial charge in [0.25, 0.3) is 0 Å². The third kappa shape index (κ3) is 5.46. The highest BCUT2D eigenvalue weighted by atomic mass is 16.4. The molecule has 0 aliphatic carbocycles. The van der Waals surface area contributed by atoms with Gasteiger partial charge in [-0.25, -0.2) is 4.79 Å². The zero-order chi connectivity index (χ0) is 15.1. The summed E-state index contributed by atoms with van der Waals surface area (Å²) in [5, 5.41) is 11.3. The summed E-state index contributed by atoms with van der Waals surface area (Å²) in [5.41, 5.74) is 0. The summed E-state index contributed by atoms with van der Waals surface area (Å²) in [7, 11) is 0. The Hall–Kier alpha value is -1.79. The van der Waals surface area contributed by atoms with E-state index in [0.717, 1.165) is 0 Å². The minimum absolute atomic E-state index is 0.0164. The Morgan fingerprint density at radius 2 is 1.60 bits per heavy atom. The molecule has 0 bridgehead atoms. The van der Waals surface area contributed by atoms with Crippen LogP contribution in [0, 0.1) is 0 Å². The van der Waals surface area contributed by atoms with Gasteiger partial charge in [0.2, 0.25) is 5.91 Å². The van der Waals surface area contributed by atoms with Crippen LogP contribution in [0.3, 0.4) is 0 Å². The Morgan fingerprint density at radius 3 is 2.10 bits per heavy atom. The fourth-order valence-electron chi connectivity index (χ4n) is 2.05. The maximum Gasteiger partial charge on any atom is 0.317 e. The topological polar surface area (TPSA) is 90.0 Å². The number of hydrogen-bond acceptors (Lipinski definition) is 3. The highest BCUT2D eigenvalue weighted by molar-refractivity contribution is 5.78. The number of piperazine rings is 1. The lowest BCUT2D eigenvalue weighted by Crippen LogP contribution is -2.54. The summed E-state index contributed by atoms with van der Waals surface area (Å²) in [6, 6.07) is -0.00356. The summed E-state index contributed by atoms with van der Waals surface area (Å²) in [5.74, 6) is -0.914. The van der Waals surface area contributed by atoms with Crippen molar-refractivity contribution in [2.75, 3.05) is 26.2 Å². The van der Waals surface area contributed by atoms with Crippen LogP contribution in [0.4, 0.5) is 4.79 Å². The first-order valence-corrected chi connectivity index (χ1v) is 6.95. The van der Waals surface area contributed by atoms with Gasteiger partial charge in [-0.2, -0.15) is 0 Å². The smallest absolute Gasteiger partial charge is 0.317 e. The van der Waals surface area contributed by atoms with E-state index in [2.05, 4.69) is 5.32 Å². The van der Waals surface area contributed by atoms with Crippen LogP contribution in [0.25, 0.3) is 0 Å². The van der Waals surface area contributed by atoms with Crippen molar-refractivity contribution in [1.29, 1.82) is 0 Å². The van der Waals surface area contributed by atoms with Gasteiger partial charge in [0, 0.05) is 45.1 Å². The molecule has 0 saturated carbocycles. The third-order valence-electron chi connectivity index (χ3n) is 3.11. The normalized spacial score (nSPS) is 15.3. The Morgan fingerprint density at radius 1 is 1.05 bits per heavy atom. The SMILES string of the molecule is CC(C)NC(=O)N1CCN(C(=O)CCCC(=O)O)CC1. The first kappa shape index (κ1) is 16.3. The molecule has 0 aromatic rings. The molecule has 3 amide bonds. The fourth-order valence-corrected chi connectivity index (χ4v) is 2.05. The largest absolute Gasteiger partial charge is 0.481 e. The predicted octanol–water partition coefficient (Wildman–Crippen LogP) is 0.504. The van der Waals surface area contributed by atoms with Crippen molar-refractivity contribution in [3.05, 3.63) is 0 Å². The lowest BCUT2D eigenvalue weighted by atomic mass is 10.2. The van der Waals surface area contributed by atoms with E-state index >= 15 is 0 Å². The van der Waals surface area contributed by atoms with Gasteiger partial charge in [-0.1, -0.05) is 0 Å². The molecule has 0 aromatic heterocycles. The number of nitrogens with one attached hydrogen (secondary N) is 1. The predicted molar refractivity (Wildman–Crippen MR) is 73.3 cm³/mol. The standard InChI is InChI=1S/C13H23N3O4/c1-10(2)14-13(20)16-8-6-15(7-9-16)11(17)4-3-5-12(18)19/h10H,3-9H2,1-2H3,(H,14,20)(H,18,19). The zero-order valence-corrected chi connectivity index (χ0v) is 12.1. The van der Waals surface area contributed by atoms with Gasteiger partial charge in [0.1, 0.15) is 0 Å². The number of carbonyl (C=O) groups excluding carboxylic acids is 2. The number of amides is 3. The molecular weight excluding hydrogens is 262 g/mol. The molecule has 1 heterocycles. The van der Waals surface area contributed by atoms with Crippen molar-refractivity contribution in [2.45, 2.75) is 39.2 Å². The number of hydrogen-bond donors (Lipinski definition) is 2. The van der Waals surface area contributed by atoms with Crippen molar-refractivity contribution in [3.63, 3.8) is 0 Å². The molecule has 0 aromatic carbocycles. The number of nitrogens with zero attached hydrogens (tertiary/aromatic N) is 2. The molecule has 1 fully saturated rings. The average Bonchev–Trinajstić information content (AvgIpc) is 2.37. The van der Waals surface area contributed by atoms with Gasteiger partial charge >= 0.3 is 12.0 Å². The molecule has 0 unspecified atom stereocenters. The molecule has 1 aliphatic heterocycles. The van der Waals surface area contributed by atoms with Crippen molar-refractivity contribution in [2.24, 2.45) is 0 Å². The first-order chi connectivity index (χ1) is 9.40. The second kappa shape index (κ2) is 7.72. The van der Waals surface area contributed by atoms with Crippen LogP contribution in [-0.4, -0.2) is 65.0 Å². The van der Waals surface area contributed by atoms with E-state index in [1.807, 2.05) is 13.8 Å². The summed E-state index contributed by atoms with van der Waals surface area (Å²) < 4.78 is 0. The molecule has 7 nitrogen and oxygen atoms in total. The number of rotatable bonds is 5. The number of carbonyl (C=O) groups is 3. The van der Waals surface area contributed by atoms with Gasteiger partial charge in [0.05, 0.1) is 0 Å². The molecule has 2 N–H and O–H groups in total. The summed E-state index contributed by atoms with van der Waals surface area (Å²) >= 11 is 0. The van der Waals surface area contributed by atoms with Crippen molar-refractivity contribution >= 4 is 17.9 Å². The molecule has 0 atom stereocenters. The fraction of sp³-hybridized carbons (Fsp3) is 0.769. The Balaban J connectivity index is 2.29. The molecule has 0 radical (unpaired) electrons. The maximum atomic E-state index is 11.8. The van der Waals surface area contributed by atoms with Crippen LogP contribution in [0.15, 0.2) is 0 Å². The van der Waals surface area contributed by atoms with E-state index < -0.39 is 5.97 Å². The molecule has 7 heteroatoms. The minimum atomic E-state index is -0.882. The van der Waals surface area contributed by atoms with Crippen LogP contribution in [0.5, 0.6) is 0 Å². The van der Waals surface area contributed by atoms with Crippen molar-refractivity contribution in [3.8, 4) is 0 Å². The Labute approximate surface area is 118 Å². The number of carboxylic acid groups (broad SMARTS) is 1. The van der Waals surface area contributed by atoms with E-state index in [1.54, 1.807) is 9.80 Å². The Kier molecular flexibility index (Phi) is 6.27. The first-order valence-electron chi connectivity index (χ1n) is 6.95. The van der Waals surface area contributed by atoms with Crippen LogP contribution in [0.2, 0.25) is 0 Å². The minimum Gasteiger partial charge on any atom is -0.481 e. The van der Waals surface area contributed by atoms with E-state index in [9.17, 15) is 14.4 Å². The lowest BCUT2D eigenvalue weighted by molar-refractivity contribution is -0.137. The monoisotopic (exact) mass is 285 g/mol. The summed E-state index contributed by atoms with van der Waals surface area (Å²) in [4.78, 5) is 37.4. The van der Waals surface area contributed by atoms with E-state index in [0.29, 0.717) is 32.6 Å². The highest BCUT2D eigenvalue weighted by Crippen LogP contribution is 2.07. The highest BCUT2D eigenvalue weighted by Gasteiger charge is 2.24. The molecule has 1 rings (SSSR count). The van der Waals surface area contributed by atoms with Gasteiger partial charge < -0.3 is 20.2 Å². The second-order valence-corrected chi connectivity index (χ2v) is 5.22.